The van der Waals surface area contributed by atoms with Crippen LogP contribution in [-0.2, 0) is 11.8 Å². The molecule has 1 amide bonds. The standard InChI is InChI=1S/C12H17N3O3S/c1-7(2)11-15(9(6-19-11)12(17)18)10(16)8-4-5-14(3)13-8/h4-5,7,9,11H,6H2,1-3H3,(H,17,18). The number of aromatic nitrogens is 2. The zero-order valence-electron chi connectivity index (χ0n) is 11.1. The molecule has 0 radical (unpaired) electrons. The molecule has 1 N–H and O–H groups in total. The topological polar surface area (TPSA) is 75.4 Å². The number of thioether (sulfide) groups is 1. The predicted octanol–water partition coefficient (Wildman–Crippen LogP) is 1.04. The Morgan fingerprint density at radius 1 is 1.53 bits per heavy atom. The summed E-state index contributed by atoms with van der Waals surface area (Å²) >= 11 is 1.51. The molecule has 19 heavy (non-hydrogen) atoms. The number of aryl methyl sites for hydroxylation is 1. The number of carbonyl (C=O) groups excluding carboxylic acids is 1. The lowest BCUT2D eigenvalue weighted by atomic mass is 10.1. The molecule has 2 atom stereocenters. The van der Waals surface area contributed by atoms with Gasteiger partial charge < -0.3 is 10.0 Å². The Balaban J connectivity index is 2.30. The Labute approximate surface area is 115 Å². The first kappa shape index (κ1) is 13.9. The lowest BCUT2D eigenvalue weighted by Crippen LogP contribution is -2.47. The summed E-state index contributed by atoms with van der Waals surface area (Å²) in [5, 5.41) is 13.2. The molecule has 1 aromatic rings. The van der Waals surface area contributed by atoms with Crippen molar-refractivity contribution in [2.45, 2.75) is 25.3 Å². The Morgan fingerprint density at radius 2 is 2.21 bits per heavy atom. The Bertz CT molecular complexity index is 500. The van der Waals surface area contributed by atoms with E-state index in [0.717, 1.165) is 0 Å². The number of rotatable bonds is 3. The van der Waals surface area contributed by atoms with Crippen molar-refractivity contribution in [3.63, 3.8) is 0 Å². The zero-order valence-corrected chi connectivity index (χ0v) is 11.9. The summed E-state index contributed by atoms with van der Waals surface area (Å²) in [6, 6.07) is 0.841. The molecule has 104 valence electrons. The van der Waals surface area contributed by atoms with Gasteiger partial charge in [-0.25, -0.2) is 4.79 Å². The monoisotopic (exact) mass is 283 g/mol. The van der Waals surface area contributed by atoms with Gasteiger partial charge in [-0.3, -0.25) is 9.48 Å². The molecule has 0 spiro atoms. The van der Waals surface area contributed by atoms with Crippen LogP contribution in [0.1, 0.15) is 24.3 Å². The number of hydrogen-bond acceptors (Lipinski definition) is 4. The highest BCUT2D eigenvalue weighted by Gasteiger charge is 2.43. The van der Waals surface area contributed by atoms with Gasteiger partial charge in [-0.1, -0.05) is 13.8 Å². The molecule has 1 saturated heterocycles. The molecule has 2 rings (SSSR count). The number of hydrogen-bond donors (Lipinski definition) is 1. The number of carboxylic acid groups (broad SMARTS) is 1. The van der Waals surface area contributed by atoms with Crippen LogP contribution in [0.25, 0.3) is 0 Å². The highest BCUT2D eigenvalue weighted by molar-refractivity contribution is 8.00. The van der Waals surface area contributed by atoms with Gasteiger partial charge in [0.1, 0.15) is 11.7 Å². The van der Waals surface area contributed by atoms with Gasteiger partial charge in [0.05, 0.1) is 5.37 Å². The number of carboxylic acids is 1. The molecular formula is C12H17N3O3S. The summed E-state index contributed by atoms with van der Waals surface area (Å²) in [7, 11) is 1.73. The van der Waals surface area contributed by atoms with Crippen LogP contribution in [-0.4, -0.2) is 48.8 Å². The van der Waals surface area contributed by atoms with Crippen molar-refractivity contribution >= 4 is 23.6 Å². The van der Waals surface area contributed by atoms with E-state index in [1.165, 1.54) is 21.3 Å². The van der Waals surface area contributed by atoms with Crippen LogP contribution < -0.4 is 0 Å². The molecule has 1 aliphatic rings. The number of nitrogens with zero attached hydrogens (tertiary/aromatic N) is 3. The number of carbonyl (C=O) groups is 2. The van der Waals surface area contributed by atoms with Crippen LogP contribution in [0.3, 0.4) is 0 Å². The van der Waals surface area contributed by atoms with E-state index >= 15 is 0 Å². The summed E-state index contributed by atoms with van der Waals surface area (Å²) in [5.74, 6) is -0.643. The van der Waals surface area contributed by atoms with Crippen molar-refractivity contribution in [3.8, 4) is 0 Å². The van der Waals surface area contributed by atoms with Gasteiger partial charge in [-0.05, 0) is 12.0 Å². The van der Waals surface area contributed by atoms with Crippen LogP contribution in [0.5, 0.6) is 0 Å². The fourth-order valence-electron chi connectivity index (χ4n) is 2.15. The Kier molecular flexibility index (Phi) is 3.84. The van der Waals surface area contributed by atoms with Crippen LogP contribution in [0.15, 0.2) is 12.3 Å². The molecule has 7 heteroatoms. The van der Waals surface area contributed by atoms with Gasteiger partial charge in [0.15, 0.2) is 0 Å². The smallest absolute Gasteiger partial charge is 0.327 e. The maximum Gasteiger partial charge on any atom is 0.327 e. The minimum atomic E-state index is -0.958. The van der Waals surface area contributed by atoms with Gasteiger partial charge in [-0.15, -0.1) is 11.8 Å². The van der Waals surface area contributed by atoms with Crippen LogP contribution in [0.4, 0.5) is 0 Å². The molecule has 2 unspecified atom stereocenters. The van der Waals surface area contributed by atoms with E-state index < -0.39 is 12.0 Å². The van der Waals surface area contributed by atoms with Crippen LogP contribution in [0.2, 0.25) is 0 Å². The molecule has 1 aromatic heterocycles. The normalized spacial score (nSPS) is 23.1. The van der Waals surface area contributed by atoms with Gasteiger partial charge in [0.2, 0.25) is 0 Å². The van der Waals surface area contributed by atoms with Crippen molar-refractivity contribution in [2.24, 2.45) is 13.0 Å². The molecule has 0 saturated carbocycles. The minimum Gasteiger partial charge on any atom is -0.480 e. The third-order valence-electron chi connectivity index (χ3n) is 3.06. The van der Waals surface area contributed by atoms with Crippen molar-refractivity contribution in [1.29, 1.82) is 0 Å². The highest BCUT2D eigenvalue weighted by atomic mass is 32.2. The highest BCUT2D eigenvalue weighted by Crippen LogP contribution is 2.35. The summed E-state index contributed by atoms with van der Waals surface area (Å²) in [5.41, 5.74) is 0.293. The second-order valence-electron chi connectivity index (χ2n) is 4.91. The van der Waals surface area contributed by atoms with Gasteiger partial charge in [0.25, 0.3) is 5.91 Å². The molecule has 0 aliphatic carbocycles. The van der Waals surface area contributed by atoms with E-state index in [4.69, 9.17) is 0 Å². The second-order valence-corrected chi connectivity index (χ2v) is 6.06. The lowest BCUT2D eigenvalue weighted by molar-refractivity contribution is -0.141. The molecule has 2 heterocycles. The van der Waals surface area contributed by atoms with E-state index in [0.29, 0.717) is 11.4 Å². The first-order valence-electron chi connectivity index (χ1n) is 6.08. The summed E-state index contributed by atoms with van der Waals surface area (Å²) < 4.78 is 1.54. The van der Waals surface area contributed by atoms with Gasteiger partial charge >= 0.3 is 5.97 Å². The van der Waals surface area contributed by atoms with Crippen molar-refractivity contribution in [3.05, 3.63) is 18.0 Å². The maximum atomic E-state index is 12.5. The van der Waals surface area contributed by atoms with E-state index in [9.17, 15) is 14.7 Å². The second kappa shape index (κ2) is 5.24. The SMILES string of the molecule is CC(C)C1SCC(C(=O)O)N1C(=O)c1ccn(C)n1. The molecule has 0 bridgehead atoms. The third kappa shape index (κ3) is 2.60. The Morgan fingerprint density at radius 3 is 2.68 bits per heavy atom. The fraction of sp³-hybridized carbons (Fsp3) is 0.583. The van der Waals surface area contributed by atoms with Crippen molar-refractivity contribution < 1.29 is 14.7 Å². The van der Waals surface area contributed by atoms with Crippen molar-refractivity contribution in [1.82, 2.24) is 14.7 Å². The predicted molar refractivity (Wildman–Crippen MR) is 71.9 cm³/mol. The Hall–Kier alpha value is -1.50. The van der Waals surface area contributed by atoms with Crippen LogP contribution >= 0.6 is 11.8 Å². The zero-order chi connectivity index (χ0) is 14.2. The lowest BCUT2D eigenvalue weighted by Gasteiger charge is -2.29. The van der Waals surface area contributed by atoms with Gasteiger partial charge in [0, 0.05) is 19.0 Å². The number of aliphatic carboxylic acids is 1. The van der Waals surface area contributed by atoms with Gasteiger partial charge in [-0.2, -0.15) is 5.10 Å². The molecule has 6 nitrogen and oxygen atoms in total. The largest absolute Gasteiger partial charge is 0.480 e. The molecule has 1 aliphatic heterocycles. The van der Waals surface area contributed by atoms with Crippen molar-refractivity contribution in [2.75, 3.05) is 5.75 Å². The molecule has 1 fully saturated rings. The quantitative estimate of drug-likeness (QED) is 0.897. The first-order chi connectivity index (χ1) is 8.91. The maximum absolute atomic E-state index is 12.5. The average molecular weight is 283 g/mol. The summed E-state index contributed by atoms with van der Waals surface area (Å²) in [6.07, 6.45) is 1.68. The minimum absolute atomic E-state index is 0.115. The first-order valence-corrected chi connectivity index (χ1v) is 7.13. The third-order valence-corrected chi connectivity index (χ3v) is 4.68. The fourth-order valence-corrected chi connectivity index (χ4v) is 3.62. The van der Waals surface area contributed by atoms with E-state index in [1.807, 2.05) is 13.8 Å². The molecule has 0 aromatic carbocycles. The number of amides is 1. The van der Waals surface area contributed by atoms with E-state index in [-0.39, 0.29) is 17.2 Å². The summed E-state index contributed by atoms with van der Waals surface area (Å²) in [4.78, 5) is 25.2. The van der Waals surface area contributed by atoms with E-state index in [1.54, 1.807) is 19.3 Å². The van der Waals surface area contributed by atoms with Crippen LogP contribution in [0, 0.1) is 5.92 Å². The molecular weight excluding hydrogens is 266 g/mol. The van der Waals surface area contributed by atoms with E-state index in [2.05, 4.69) is 5.10 Å². The summed E-state index contributed by atoms with van der Waals surface area (Å²) in [6.45, 7) is 3.97. The average Bonchev–Trinajstić information content (AvgIpc) is 2.93.